The number of likely N-dealkylation sites (N-methyl/N-ethyl adjacent to an activating group) is 1. The van der Waals surface area contributed by atoms with Gasteiger partial charge < -0.3 is 10.2 Å². The van der Waals surface area contributed by atoms with E-state index in [9.17, 15) is 9.59 Å². The second-order valence-electron chi connectivity index (χ2n) is 6.63. The van der Waals surface area contributed by atoms with Crippen LogP contribution in [0.3, 0.4) is 0 Å². The van der Waals surface area contributed by atoms with E-state index in [2.05, 4.69) is 21.4 Å². The number of nitrogens with zero attached hydrogens (tertiary/aromatic N) is 3. The van der Waals surface area contributed by atoms with Gasteiger partial charge in [0.2, 0.25) is 0 Å². The molecule has 1 amide bonds. The van der Waals surface area contributed by atoms with Crippen LogP contribution in [-0.4, -0.2) is 41.2 Å². The van der Waals surface area contributed by atoms with Crippen molar-refractivity contribution >= 4 is 28.0 Å². The lowest BCUT2D eigenvalue weighted by Crippen LogP contribution is -2.36. The van der Waals surface area contributed by atoms with Gasteiger partial charge in [0.05, 0.1) is 11.4 Å². The molecule has 0 fully saturated rings. The van der Waals surface area contributed by atoms with Crippen LogP contribution in [0.2, 0.25) is 0 Å². The van der Waals surface area contributed by atoms with Gasteiger partial charge >= 0.3 is 0 Å². The minimum absolute atomic E-state index is 0.0850. The van der Waals surface area contributed by atoms with E-state index in [4.69, 9.17) is 0 Å². The lowest BCUT2D eigenvalue weighted by atomic mass is 10.1. The maximum Gasteiger partial charge on any atom is 0.274 e. The molecule has 3 rings (SSSR count). The molecule has 0 aliphatic heterocycles. The molecule has 6 nitrogen and oxygen atoms in total. The van der Waals surface area contributed by atoms with E-state index in [1.165, 1.54) is 9.56 Å². The van der Waals surface area contributed by atoms with Crippen molar-refractivity contribution < 1.29 is 4.79 Å². The molecular weight excluding hydrogens is 360 g/mol. The Hall–Kier alpha value is -2.51. The van der Waals surface area contributed by atoms with Crippen molar-refractivity contribution in [3.05, 3.63) is 62.7 Å². The molecule has 2 heterocycles. The van der Waals surface area contributed by atoms with Crippen molar-refractivity contribution in [3.8, 4) is 0 Å². The summed E-state index contributed by atoms with van der Waals surface area (Å²) < 4.78 is 1.39. The molecule has 0 bridgehead atoms. The first-order valence-electron chi connectivity index (χ1n) is 9.00. The number of fused-ring (bicyclic) bond motifs is 1. The molecule has 7 heteroatoms. The predicted molar refractivity (Wildman–Crippen MR) is 109 cm³/mol. The van der Waals surface area contributed by atoms with E-state index in [0.717, 1.165) is 6.42 Å². The number of rotatable bonds is 7. The monoisotopic (exact) mass is 384 g/mol. The quantitative estimate of drug-likeness (QED) is 0.680. The molecule has 1 aromatic carbocycles. The Balaban J connectivity index is 1.91. The van der Waals surface area contributed by atoms with Gasteiger partial charge in [-0.1, -0.05) is 31.2 Å². The number of carbonyl (C=O) groups excluding carboxylic acids is 1. The fourth-order valence-electron chi connectivity index (χ4n) is 3.06. The fourth-order valence-corrected chi connectivity index (χ4v) is 3.98. The van der Waals surface area contributed by atoms with E-state index in [-0.39, 0.29) is 17.5 Å². The van der Waals surface area contributed by atoms with Crippen molar-refractivity contribution in [2.24, 2.45) is 0 Å². The summed E-state index contributed by atoms with van der Waals surface area (Å²) in [5.74, 6) is -0.264. The number of benzene rings is 1. The van der Waals surface area contributed by atoms with Gasteiger partial charge in [-0.15, -0.1) is 11.3 Å². The number of carbonyl (C=O) groups is 1. The van der Waals surface area contributed by atoms with Crippen molar-refractivity contribution in [1.82, 2.24) is 20.0 Å². The molecule has 3 aromatic rings. The van der Waals surface area contributed by atoms with Gasteiger partial charge in [0.1, 0.15) is 0 Å². The Morgan fingerprint density at radius 2 is 1.96 bits per heavy atom. The Labute approximate surface area is 162 Å². The summed E-state index contributed by atoms with van der Waals surface area (Å²) in [5.41, 5.74) is 0.135. The molecule has 1 atom stereocenters. The first kappa shape index (κ1) is 19.3. The van der Waals surface area contributed by atoms with Gasteiger partial charge in [0, 0.05) is 23.4 Å². The number of amides is 1. The first-order chi connectivity index (χ1) is 13.0. The van der Waals surface area contributed by atoms with E-state index < -0.39 is 0 Å². The van der Waals surface area contributed by atoms with Crippen molar-refractivity contribution in [2.45, 2.75) is 25.9 Å². The molecule has 0 aliphatic rings. The molecule has 142 valence electrons. The van der Waals surface area contributed by atoms with Gasteiger partial charge in [-0.3, -0.25) is 9.59 Å². The van der Waals surface area contributed by atoms with Crippen LogP contribution >= 0.6 is 11.3 Å². The third-order valence-electron chi connectivity index (χ3n) is 4.47. The van der Waals surface area contributed by atoms with Gasteiger partial charge in [-0.05, 0) is 38.0 Å². The zero-order chi connectivity index (χ0) is 19.4. The minimum atomic E-state index is -0.264. The van der Waals surface area contributed by atoms with Crippen molar-refractivity contribution in [1.29, 1.82) is 0 Å². The van der Waals surface area contributed by atoms with Gasteiger partial charge in [-0.2, -0.15) is 5.10 Å². The summed E-state index contributed by atoms with van der Waals surface area (Å²) >= 11 is 1.67. The summed E-state index contributed by atoms with van der Waals surface area (Å²) in [4.78, 5) is 28.8. The first-order valence-corrected chi connectivity index (χ1v) is 9.88. The number of aromatic nitrogens is 2. The summed E-state index contributed by atoms with van der Waals surface area (Å²) in [6.07, 6.45) is 0.771. The highest BCUT2D eigenvalue weighted by molar-refractivity contribution is 7.10. The van der Waals surface area contributed by atoms with Crippen LogP contribution in [-0.2, 0) is 6.54 Å². The standard InChI is InChI=1S/C20H24N4O2S/c1-4-11-24-20(26)15-9-6-5-8-14(15)18(22-24)19(25)21-13-16(23(2)3)17-10-7-12-27-17/h5-10,12,16H,4,11,13H2,1-3H3,(H,21,25)/t16-/m0/s1. The second kappa shape index (κ2) is 8.45. The molecule has 2 aromatic heterocycles. The molecule has 27 heavy (non-hydrogen) atoms. The summed E-state index contributed by atoms with van der Waals surface area (Å²) in [7, 11) is 3.98. The molecule has 0 unspecified atom stereocenters. The van der Waals surface area contributed by atoms with Crippen LogP contribution in [0.1, 0.15) is 34.8 Å². The van der Waals surface area contributed by atoms with Gasteiger partial charge in [-0.25, -0.2) is 4.68 Å². The van der Waals surface area contributed by atoms with Crippen molar-refractivity contribution in [3.63, 3.8) is 0 Å². The summed E-state index contributed by atoms with van der Waals surface area (Å²) in [5, 5.41) is 10.5. The van der Waals surface area contributed by atoms with Gasteiger partial charge in [0.15, 0.2) is 5.69 Å². The average molecular weight is 385 g/mol. The topological polar surface area (TPSA) is 67.2 Å². The van der Waals surface area contributed by atoms with Crippen LogP contribution in [0, 0.1) is 0 Å². The highest BCUT2D eigenvalue weighted by atomic mass is 32.1. The maximum atomic E-state index is 12.9. The number of nitrogens with one attached hydrogen (secondary N) is 1. The SMILES string of the molecule is CCCn1nc(C(=O)NC[C@@H](c2cccs2)N(C)C)c2ccccc2c1=O. The van der Waals surface area contributed by atoms with Crippen LogP contribution in [0.25, 0.3) is 10.8 Å². The van der Waals surface area contributed by atoms with Crippen LogP contribution in [0.15, 0.2) is 46.6 Å². The third kappa shape index (κ3) is 4.09. The number of hydrogen-bond donors (Lipinski definition) is 1. The van der Waals surface area contributed by atoms with E-state index in [1.54, 1.807) is 29.5 Å². The summed E-state index contributed by atoms with van der Waals surface area (Å²) in [6.45, 7) is 2.93. The lowest BCUT2D eigenvalue weighted by molar-refractivity contribution is 0.0936. The molecule has 0 saturated heterocycles. The lowest BCUT2D eigenvalue weighted by Gasteiger charge is -2.23. The molecular formula is C20H24N4O2S. The van der Waals surface area contributed by atoms with Crippen LogP contribution in [0.5, 0.6) is 0 Å². The maximum absolute atomic E-state index is 12.9. The molecule has 0 spiro atoms. The zero-order valence-corrected chi connectivity index (χ0v) is 16.6. The highest BCUT2D eigenvalue weighted by Gasteiger charge is 2.20. The van der Waals surface area contributed by atoms with Crippen LogP contribution in [0.4, 0.5) is 0 Å². The Bertz CT molecular complexity index is 979. The van der Waals surface area contributed by atoms with Gasteiger partial charge in [0.25, 0.3) is 11.5 Å². The third-order valence-corrected chi connectivity index (χ3v) is 5.44. The zero-order valence-electron chi connectivity index (χ0n) is 15.8. The number of hydrogen-bond acceptors (Lipinski definition) is 5. The average Bonchev–Trinajstić information content (AvgIpc) is 3.18. The van der Waals surface area contributed by atoms with E-state index >= 15 is 0 Å². The fraction of sp³-hybridized carbons (Fsp3) is 0.350. The smallest absolute Gasteiger partial charge is 0.274 e. The Morgan fingerprint density at radius 3 is 2.59 bits per heavy atom. The Kier molecular flexibility index (Phi) is 6.03. The van der Waals surface area contributed by atoms with Crippen molar-refractivity contribution in [2.75, 3.05) is 20.6 Å². The molecule has 0 radical (unpaired) electrons. The molecule has 1 N–H and O–H groups in total. The summed E-state index contributed by atoms with van der Waals surface area (Å²) in [6, 6.07) is 11.3. The molecule has 0 saturated carbocycles. The Morgan fingerprint density at radius 1 is 1.22 bits per heavy atom. The number of thiophene rings is 1. The predicted octanol–water partition coefficient (Wildman–Crippen LogP) is 2.90. The number of aryl methyl sites for hydroxylation is 1. The minimum Gasteiger partial charge on any atom is -0.349 e. The molecule has 0 aliphatic carbocycles. The van der Waals surface area contributed by atoms with E-state index in [1.807, 2.05) is 38.5 Å². The van der Waals surface area contributed by atoms with Crippen LogP contribution < -0.4 is 10.9 Å². The second-order valence-corrected chi connectivity index (χ2v) is 7.61. The van der Waals surface area contributed by atoms with E-state index in [0.29, 0.717) is 29.6 Å². The highest BCUT2D eigenvalue weighted by Crippen LogP contribution is 2.22. The normalized spacial score (nSPS) is 12.4. The largest absolute Gasteiger partial charge is 0.349 e.